The number of amides is 2. The molecule has 34 heavy (non-hydrogen) atoms. The molecule has 0 fully saturated rings. The molecule has 0 aliphatic heterocycles. The van der Waals surface area contributed by atoms with E-state index in [9.17, 15) is 19.7 Å². The first-order valence-corrected chi connectivity index (χ1v) is 10.4. The van der Waals surface area contributed by atoms with Crippen molar-refractivity contribution in [2.24, 2.45) is 5.10 Å². The number of benzene rings is 3. The van der Waals surface area contributed by atoms with Gasteiger partial charge in [-0.05, 0) is 30.2 Å². The highest BCUT2D eigenvalue weighted by Crippen LogP contribution is 2.28. The fraction of sp³-hybridized carbons (Fsp3) is 0.160. The highest BCUT2D eigenvalue weighted by atomic mass is 16.6. The Balaban J connectivity index is 1.66. The number of nitrogens with zero attached hydrogens (tertiary/aromatic N) is 2. The van der Waals surface area contributed by atoms with Gasteiger partial charge in [0, 0.05) is 11.6 Å². The van der Waals surface area contributed by atoms with E-state index in [1.165, 1.54) is 19.2 Å². The SMILES string of the molecule is COc1ccc(C(C)=NNC(=O)CNC(=O)C(c2ccccc2)c2ccccc2)cc1[N+](=O)[O-]. The van der Waals surface area contributed by atoms with Crippen molar-refractivity contribution in [1.82, 2.24) is 10.7 Å². The summed E-state index contributed by atoms with van der Waals surface area (Å²) in [6.45, 7) is 1.32. The third-order valence-electron chi connectivity index (χ3n) is 5.09. The van der Waals surface area contributed by atoms with E-state index in [1.807, 2.05) is 60.7 Å². The van der Waals surface area contributed by atoms with Crippen LogP contribution in [-0.4, -0.2) is 36.1 Å². The molecule has 2 N–H and O–H groups in total. The van der Waals surface area contributed by atoms with Crippen LogP contribution in [0, 0.1) is 10.1 Å². The molecular weight excluding hydrogens is 436 g/mol. The standard InChI is InChI=1S/C25H24N4O5/c1-17(20-13-14-22(34-2)21(15-20)29(32)33)27-28-23(30)16-26-25(31)24(18-9-5-3-6-10-18)19-11-7-4-8-12-19/h3-15,24H,16H2,1-2H3,(H,26,31)(H,28,30). The van der Waals surface area contributed by atoms with Crippen LogP contribution in [0.25, 0.3) is 0 Å². The van der Waals surface area contributed by atoms with Crippen LogP contribution in [0.1, 0.15) is 29.5 Å². The molecule has 0 radical (unpaired) electrons. The Bertz CT molecular complexity index is 1160. The number of carbonyl (C=O) groups is 2. The number of rotatable bonds is 9. The summed E-state index contributed by atoms with van der Waals surface area (Å²) in [4.78, 5) is 35.9. The molecule has 174 valence electrons. The average molecular weight is 460 g/mol. The van der Waals surface area contributed by atoms with Gasteiger partial charge in [0.25, 0.3) is 5.91 Å². The van der Waals surface area contributed by atoms with Crippen molar-refractivity contribution >= 4 is 23.2 Å². The van der Waals surface area contributed by atoms with Gasteiger partial charge in [-0.25, -0.2) is 5.43 Å². The third kappa shape index (κ3) is 6.04. The minimum Gasteiger partial charge on any atom is -0.490 e. The molecule has 0 saturated heterocycles. The Morgan fingerprint density at radius 2 is 1.59 bits per heavy atom. The van der Waals surface area contributed by atoms with Crippen LogP contribution < -0.4 is 15.5 Å². The number of ether oxygens (including phenoxy) is 1. The second-order valence-electron chi connectivity index (χ2n) is 7.35. The summed E-state index contributed by atoms with van der Waals surface area (Å²) in [6, 6.07) is 23.0. The van der Waals surface area contributed by atoms with E-state index < -0.39 is 16.7 Å². The van der Waals surface area contributed by atoms with E-state index in [4.69, 9.17) is 4.74 Å². The maximum absolute atomic E-state index is 13.0. The topological polar surface area (TPSA) is 123 Å². The van der Waals surface area contributed by atoms with Crippen LogP contribution >= 0.6 is 0 Å². The lowest BCUT2D eigenvalue weighted by Crippen LogP contribution is -2.38. The van der Waals surface area contributed by atoms with Crippen molar-refractivity contribution in [1.29, 1.82) is 0 Å². The van der Waals surface area contributed by atoms with Gasteiger partial charge in [-0.3, -0.25) is 19.7 Å². The molecule has 3 aromatic rings. The number of hydrazone groups is 1. The molecule has 0 aliphatic carbocycles. The first-order chi connectivity index (χ1) is 16.4. The van der Waals surface area contributed by atoms with Gasteiger partial charge < -0.3 is 10.1 Å². The predicted molar refractivity (Wildman–Crippen MR) is 128 cm³/mol. The monoisotopic (exact) mass is 460 g/mol. The Hall–Kier alpha value is -4.53. The van der Waals surface area contributed by atoms with Gasteiger partial charge in [-0.15, -0.1) is 0 Å². The molecule has 0 spiro atoms. The zero-order chi connectivity index (χ0) is 24.5. The summed E-state index contributed by atoms with van der Waals surface area (Å²) in [5.74, 6) is -1.30. The molecule has 0 aromatic heterocycles. The fourth-order valence-electron chi connectivity index (χ4n) is 3.36. The summed E-state index contributed by atoms with van der Waals surface area (Å²) < 4.78 is 4.99. The third-order valence-corrected chi connectivity index (χ3v) is 5.09. The van der Waals surface area contributed by atoms with Crippen molar-refractivity contribution < 1.29 is 19.2 Å². The van der Waals surface area contributed by atoms with Crippen LogP contribution in [0.4, 0.5) is 5.69 Å². The molecular formula is C25H24N4O5. The first kappa shape index (κ1) is 24.1. The number of hydrogen-bond acceptors (Lipinski definition) is 6. The highest BCUT2D eigenvalue weighted by Gasteiger charge is 2.23. The smallest absolute Gasteiger partial charge is 0.311 e. The molecule has 0 unspecified atom stereocenters. The summed E-state index contributed by atoms with van der Waals surface area (Å²) in [7, 11) is 1.34. The number of nitrogens with one attached hydrogen (secondary N) is 2. The van der Waals surface area contributed by atoms with Crippen LogP contribution in [0.15, 0.2) is 84.0 Å². The lowest BCUT2D eigenvalue weighted by Gasteiger charge is -2.17. The van der Waals surface area contributed by atoms with Crippen LogP contribution in [0.5, 0.6) is 5.75 Å². The van der Waals surface area contributed by atoms with Crippen molar-refractivity contribution in [3.63, 3.8) is 0 Å². The van der Waals surface area contributed by atoms with Crippen molar-refractivity contribution in [3.05, 3.63) is 106 Å². The van der Waals surface area contributed by atoms with Crippen LogP contribution in [-0.2, 0) is 9.59 Å². The average Bonchev–Trinajstić information content (AvgIpc) is 2.87. The van der Waals surface area contributed by atoms with E-state index in [0.29, 0.717) is 11.3 Å². The second kappa shape index (κ2) is 11.4. The predicted octanol–water partition coefficient (Wildman–Crippen LogP) is 3.39. The molecule has 3 aromatic carbocycles. The Kier molecular flexibility index (Phi) is 8.07. The molecule has 3 rings (SSSR count). The van der Waals surface area contributed by atoms with Gasteiger partial charge in [-0.1, -0.05) is 60.7 Å². The van der Waals surface area contributed by atoms with E-state index in [1.54, 1.807) is 13.0 Å². The van der Waals surface area contributed by atoms with Crippen molar-refractivity contribution in [2.45, 2.75) is 12.8 Å². The number of methoxy groups -OCH3 is 1. The van der Waals surface area contributed by atoms with Gasteiger partial charge in [0.1, 0.15) is 0 Å². The normalized spacial score (nSPS) is 11.1. The maximum atomic E-state index is 13.0. The van der Waals surface area contributed by atoms with Gasteiger partial charge in [0.05, 0.1) is 30.2 Å². The molecule has 0 aliphatic rings. The largest absolute Gasteiger partial charge is 0.490 e. The minimum atomic E-state index is -0.569. The summed E-state index contributed by atoms with van der Waals surface area (Å²) in [5, 5.41) is 17.9. The zero-order valence-electron chi connectivity index (χ0n) is 18.7. The fourth-order valence-corrected chi connectivity index (χ4v) is 3.36. The zero-order valence-corrected chi connectivity index (χ0v) is 18.7. The van der Waals surface area contributed by atoms with E-state index in [-0.39, 0.29) is 23.9 Å². The molecule has 0 bridgehead atoms. The quantitative estimate of drug-likeness (QED) is 0.288. The van der Waals surface area contributed by atoms with E-state index >= 15 is 0 Å². The molecule has 0 atom stereocenters. The molecule has 9 heteroatoms. The summed E-state index contributed by atoms with van der Waals surface area (Å²) in [5.41, 5.74) is 4.58. The lowest BCUT2D eigenvalue weighted by molar-refractivity contribution is -0.385. The lowest BCUT2D eigenvalue weighted by atomic mass is 9.90. The van der Waals surface area contributed by atoms with Crippen LogP contribution in [0.2, 0.25) is 0 Å². The van der Waals surface area contributed by atoms with E-state index in [0.717, 1.165) is 11.1 Å². The van der Waals surface area contributed by atoms with Crippen LogP contribution in [0.3, 0.4) is 0 Å². The second-order valence-corrected chi connectivity index (χ2v) is 7.35. The van der Waals surface area contributed by atoms with Crippen molar-refractivity contribution in [2.75, 3.05) is 13.7 Å². The van der Waals surface area contributed by atoms with E-state index in [2.05, 4.69) is 15.8 Å². The van der Waals surface area contributed by atoms with Gasteiger partial charge in [-0.2, -0.15) is 5.10 Å². The highest BCUT2D eigenvalue weighted by molar-refractivity contribution is 6.00. The van der Waals surface area contributed by atoms with Gasteiger partial charge in [0.15, 0.2) is 5.75 Å². The first-order valence-electron chi connectivity index (χ1n) is 10.4. The Labute approximate surface area is 196 Å². The maximum Gasteiger partial charge on any atom is 0.311 e. The Morgan fingerprint density at radius 1 is 1.00 bits per heavy atom. The summed E-state index contributed by atoms with van der Waals surface area (Å²) in [6.07, 6.45) is 0. The molecule has 0 saturated carbocycles. The summed E-state index contributed by atoms with van der Waals surface area (Å²) >= 11 is 0. The minimum absolute atomic E-state index is 0.125. The molecule has 2 amide bonds. The number of hydrogen-bond donors (Lipinski definition) is 2. The number of nitro groups is 1. The number of carbonyl (C=O) groups excluding carboxylic acids is 2. The van der Waals surface area contributed by atoms with Gasteiger partial charge >= 0.3 is 5.69 Å². The molecule has 0 heterocycles. The van der Waals surface area contributed by atoms with Crippen molar-refractivity contribution in [3.8, 4) is 5.75 Å². The Morgan fingerprint density at radius 3 is 2.12 bits per heavy atom. The number of nitro benzene ring substituents is 1. The molecule has 9 nitrogen and oxygen atoms in total. The van der Waals surface area contributed by atoms with Gasteiger partial charge in [0.2, 0.25) is 5.91 Å².